The molecule has 1 saturated heterocycles. The monoisotopic (exact) mass is 499 g/mol. The Morgan fingerprint density at radius 3 is 2.58 bits per heavy atom. The summed E-state index contributed by atoms with van der Waals surface area (Å²) in [7, 11) is 3.03. The molecule has 1 aliphatic rings. The average Bonchev–Trinajstić information content (AvgIpc) is 2.91. The Morgan fingerprint density at radius 2 is 1.88 bits per heavy atom. The van der Waals surface area contributed by atoms with Gasteiger partial charge in [-0.3, -0.25) is 9.69 Å². The molecule has 134 valence electrons. The molecule has 0 atom stereocenters. The number of benzene rings is 2. The second-order valence-electron chi connectivity index (χ2n) is 5.24. The Hall–Kier alpha value is -1.78. The van der Waals surface area contributed by atoms with E-state index < -0.39 is 0 Å². The van der Waals surface area contributed by atoms with Crippen LogP contribution < -0.4 is 14.4 Å². The van der Waals surface area contributed by atoms with Gasteiger partial charge in [0.1, 0.15) is 5.75 Å². The van der Waals surface area contributed by atoms with Crippen LogP contribution in [-0.4, -0.2) is 29.6 Å². The maximum atomic E-state index is 12.9. The van der Waals surface area contributed by atoms with Crippen LogP contribution in [0.15, 0.2) is 41.3 Å². The smallest absolute Gasteiger partial charge is 0.270 e. The molecule has 1 aliphatic heterocycles. The number of aromatic hydroxyl groups is 1. The quantitative estimate of drug-likeness (QED) is 0.382. The fraction of sp³-hybridized carbons (Fsp3) is 0.111. The number of methoxy groups -OCH3 is 2. The van der Waals surface area contributed by atoms with Gasteiger partial charge in [-0.05, 0) is 58.5 Å². The topological polar surface area (TPSA) is 59.0 Å². The summed E-state index contributed by atoms with van der Waals surface area (Å²) in [4.78, 5) is 14.9. The number of amides is 1. The van der Waals surface area contributed by atoms with Crippen LogP contribution in [0.4, 0.5) is 5.69 Å². The van der Waals surface area contributed by atoms with Crippen molar-refractivity contribution in [1.82, 2.24) is 0 Å². The minimum absolute atomic E-state index is 0.0758. The highest BCUT2D eigenvalue weighted by Gasteiger charge is 2.34. The van der Waals surface area contributed by atoms with E-state index in [-0.39, 0.29) is 11.7 Å². The number of phenols is 1. The molecule has 1 fully saturated rings. The van der Waals surface area contributed by atoms with Crippen molar-refractivity contribution in [3.05, 3.63) is 50.4 Å². The molecule has 1 N–H and O–H groups in total. The first-order valence-corrected chi connectivity index (χ1v) is 9.74. The summed E-state index contributed by atoms with van der Waals surface area (Å²) in [5, 5.41) is 9.96. The Balaban J connectivity index is 1.99. The lowest BCUT2D eigenvalue weighted by Gasteiger charge is -2.17. The predicted molar refractivity (Wildman–Crippen MR) is 116 cm³/mol. The lowest BCUT2D eigenvalue weighted by Crippen LogP contribution is -2.27. The number of thioether (sulfide) groups is 1. The number of rotatable bonds is 4. The van der Waals surface area contributed by atoms with Crippen molar-refractivity contribution in [2.24, 2.45) is 0 Å². The number of carbonyl (C=O) groups excluding carboxylic acids is 1. The zero-order valence-corrected chi connectivity index (χ0v) is 17.6. The number of thiocarbonyl (C=S) groups is 1. The number of anilines is 1. The highest BCUT2D eigenvalue weighted by atomic mass is 127. The molecule has 5 nitrogen and oxygen atoms in total. The molecule has 0 bridgehead atoms. The van der Waals surface area contributed by atoms with Gasteiger partial charge in [0, 0.05) is 0 Å². The van der Waals surface area contributed by atoms with E-state index in [2.05, 4.69) is 0 Å². The van der Waals surface area contributed by atoms with Crippen LogP contribution in [0.25, 0.3) is 6.08 Å². The van der Waals surface area contributed by atoms with Gasteiger partial charge in [0.05, 0.1) is 28.4 Å². The van der Waals surface area contributed by atoms with Crippen LogP contribution in [0.5, 0.6) is 17.2 Å². The van der Waals surface area contributed by atoms with E-state index >= 15 is 0 Å². The summed E-state index contributed by atoms with van der Waals surface area (Å²) in [6.07, 6.45) is 1.73. The van der Waals surface area contributed by atoms with Crippen molar-refractivity contribution in [3.63, 3.8) is 0 Å². The standard InChI is InChI=1S/C18H14INO4S2/c1-23-13-6-4-3-5-12(13)20-17(22)15(26-18(20)25)9-10-7-11(19)16(21)14(8-10)24-2/h3-9,21H,1-2H3/b15-9+. The minimum atomic E-state index is -0.216. The highest BCUT2D eigenvalue weighted by molar-refractivity contribution is 14.1. The van der Waals surface area contributed by atoms with E-state index in [1.807, 2.05) is 34.7 Å². The number of halogens is 1. The Kier molecular flexibility index (Phi) is 5.73. The van der Waals surface area contributed by atoms with Gasteiger partial charge in [-0.25, -0.2) is 0 Å². The highest BCUT2D eigenvalue weighted by Crippen LogP contribution is 2.40. The Morgan fingerprint density at radius 1 is 1.19 bits per heavy atom. The van der Waals surface area contributed by atoms with Gasteiger partial charge in [0.2, 0.25) is 0 Å². The van der Waals surface area contributed by atoms with Crippen LogP contribution in [0.2, 0.25) is 0 Å². The average molecular weight is 499 g/mol. The molecular weight excluding hydrogens is 485 g/mol. The lowest BCUT2D eigenvalue weighted by atomic mass is 10.2. The number of carbonyl (C=O) groups is 1. The summed E-state index contributed by atoms with van der Waals surface area (Å²) in [5.41, 5.74) is 1.35. The normalized spacial score (nSPS) is 15.7. The summed E-state index contributed by atoms with van der Waals surface area (Å²) in [5.74, 6) is 0.785. The molecule has 3 rings (SSSR count). The van der Waals surface area contributed by atoms with E-state index in [1.54, 1.807) is 37.5 Å². The SMILES string of the molecule is COc1ccccc1N1C(=O)/C(=C\c2cc(I)c(O)c(OC)c2)SC1=S. The number of hydrogen-bond acceptors (Lipinski definition) is 6. The van der Waals surface area contributed by atoms with Crippen LogP contribution >= 0.6 is 46.6 Å². The van der Waals surface area contributed by atoms with Crippen molar-refractivity contribution >= 4 is 68.6 Å². The molecule has 1 heterocycles. The molecular formula is C18H14INO4S2. The van der Waals surface area contributed by atoms with Gasteiger partial charge < -0.3 is 14.6 Å². The maximum absolute atomic E-state index is 12.9. The fourth-order valence-electron chi connectivity index (χ4n) is 2.47. The van der Waals surface area contributed by atoms with E-state index in [0.29, 0.717) is 30.0 Å². The van der Waals surface area contributed by atoms with Crippen LogP contribution in [-0.2, 0) is 4.79 Å². The number of hydrogen-bond donors (Lipinski definition) is 1. The van der Waals surface area contributed by atoms with Crippen LogP contribution in [0, 0.1) is 3.57 Å². The third-order valence-corrected chi connectivity index (χ3v) is 5.81. The zero-order valence-electron chi connectivity index (χ0n) is 13.9. The second kappa shape index (κ2) is 7.85. The first-order chi connectivity index (χ1) is 12.5. The molecule has 0 aromatic heterocycles. The van der Waals surface area contributed by atoms with Gasteiger partial charge in [0.15, 0.2) is 15.8 Å². The molecule has 0 unspecified atom stereocenters. The number of nitrogens with zero attached hydrogens (tertiary/aromatic N) is 1. The van der Waals surface area contributed by atoms with Crippen molar-refractivity contribution in [1.29, 1.82) is 0 Å². The summed E-state index contributed by atoms with van der Waals surface area (Å²) >= 11 is 8.64. The number of ether oxygens (including phenoxy) is 2. The number of phenolic OH excluding ortho intramolecular Hbond substituents is 1. The van der Waals surface area contributed by atoms with Crippen molar-refractivity contribution in [3.8, 4) is 17.2 Å². The summed E-state index contributed by atoms with van der Waals surface area (Å²) in [6.45, 7) is 0. The predicted octanol–water partition coefficient (Wildman–Crippen LogP) is 4.42. The Bertz CT molecular complexity index is 929. The summed E-state index contributed by atoms with van der Waals surface area (Å²) in [6, 6.07) is 10.7. The Labute approximate surface area is 174 Å². The van der Waals surface area contributed by atoms with E-state index in [0.717, 1.165) is 5.56 Å². The molecule has 8 heteroatoms. The van der Waals surface area contributed by atoms with Gasteiger partial charge >= 0.3 is 0 Å². The van der Waals surface area contributed by atoms with Crippen molar-refractivity contribution in [2.45, 2.75) is 0 Å². The summed E-state index contributed by atoms with van der Waals surface area (Å²) < 4.78 is 11.6. The van der Waals surface area contributed by atoms with Crippen molar-refractivity contribution in [2.75, 3.05) is 19.1 Å². The number of para-hydroxylation sites is 2. The van der Waals surface area contributed by atoms with E-state index in [9.17, 15) is 9.90 Å². The largest absolute Gasteiger partial charge is 0.504 e. The zero-order chi connectivity index (χ0) is 18.8. The maximum Gasteiger partial charge on any atom is 0.270 e. The first-order valence-electron chi connectivity index (χ1n) is 7.43. The van der Waals surface area contributed by atoms with Crippen LogP contribution in [0.1, 0.15) is 5.56 Å². The van der Waals surface area contributed by atoms with Crippen molar-refractivity contribution < 1.29 is 19.4 Å². The molecule has 0 spiro atoms. The van der Waals surface area contributed by atoms with E-state index in [4.69, 9.17) is 21.7 Å². The van der Waals surface area contributed by atoms with Gasteiger partial charge in [-0.2, -0.15) is 0 Å². The molecule has 2 aromatic rings. The molecule has 0 aliphatic carbocycles. The fourth-order valence-corrected chi connectivity index (χ4v) is 4.38. The van der Waals surface area contributed by atoms with Gasteiger partial charge in [-0.15, -0.1) is 0 Å². The lowest BCUT2D eigenvalue weighted by molar-refractivity contribution is -0.113. The molecule has 2 aromatic carbocycles. The van der Waals surface area contributed by atoms with Gasteiger partial charge in [-0.1, -0.05) is 36.1 Å². The molecule has 1 amide bonds. The third kappa shape index (κ3) is 3.53. The second-order valence-corrected chi connectivity index (χ2v) is 8.08. The molecule has 26 heavy (non-hydrogen) atoms. The third-order valence-electron chi connectivity index (χ3n) is 3.69. The minimum Gasteiger partial charge on any atom is -0.504 e. The molecule has 0 saturated carbocycles. The van der Waals surface area contributed by atoms with E-state index in [1.165, 1.54) is 23.8 Å². The van der Waals surface area contributed by atoms with Crippen LogP contribution in [0.3, 0.4) is 0 Å². The van der Waals surface area contributed by atoms with Gasteiger partial charge in [0.25, 0.3) is 5.91 Å². The molecule has 0 radical (unpaired) electrons. The first kappa shape index (κ1) is 19.0.